The molecule has 2 aliphatic carbocycles. The van der Waals surface area contributed by atoms with Gasteiger partial charge in [0.15, 0.2) is 0 Å². The number of carbonyl (C=O) groups excluding carboxylic acids is 2. The van der Waals surface area contributed by atoms with Gasteiger partial charge in [0.1, 0.15) is 12.7 Å². The highest BCUT2D eigenvalue weighted by atomic mass is 16.5. The highest BCUT2D eigenvalue weighted by Crippen LogP contribution is 2.64. The van der Waals surface area contributed by atoms with Gasteiger partial charge in [0.05, 0.1) is 18.6 Å². The number of aliphatic hydroxyl groups is 1. The molecule has 6 heteroatoms. The number of carbonyl (C=O) groups is 2. The number of hydrogen-bond acceptors (Lipinski definition) is 6. The number of aliphatic hydroxyl groups excluding tert-OH is 1. The molecule has 6 atom stereocenters. The van der Waals surface area contributed by atoms with E-state index in [0.29, 0.717) is 18.4 Å². The van der Waals surface area contributed by atoms with Gasteiger partial charge in [-0.1, -0.05) is 19.9 Å². The number of esters is 2. The van der Waals surface area contributed by atoms with Crippen LogP contribution >= 0.6 is 0 Å². The molecule has 2 fully saturated rings. The van der Waals surface area contributed by atoms with E-state index in [0.717, 1.165) is 18.4 Å². The van der Waals surface area contributed by atoms with Crippen molar-refractivity contribution in [3.05, 3.63) is 35.8 Å². The van der Waals surface area contributed by atoms with Gasteiger partial charge in [0.2, 0.25) is 0 Å². The fraction of sp³-hybridized carbons (Fsp3) is 0.636. The van der Waals surface area contributed by atoms with E-state index in [1.165, 1.54) is 6.92 Å². The van der Waals surface area contributed by atoms with E-state index in [4.69, 9.17) is 13.9 Å². The third-order valence-electron chi connectivity index (χ3n) is 7.49. The molecular formula is C22H28O6. The Morgan fingerprint density at radius 2 is 2.21 bits per heavy atom. The molecule has 3 aliphatic rings. The van der Waals surface area contributed by atoms with E-state index in [1.54, 1.807) is 12.5 Å². The Hall–Kier alpha value is -2.08. The number of cyclic esters (lactones) is 1. The van der Waals surface area contributed by atoms with Crippen LogP contribution in [-0.2, 0) is 25.5 Å². The largest absolute Gasteiger partial charge is 0.472 e. The fourth-order valence-electron chi connectivity index (χ4n) is 6.01. The zero-order valence-corrected chi connectivity index (χ0v) is 16.6. The molecule has 0 unspecified atom stereocenters. The van der Waals surface area contributed by atoms with Crippen LogP contribution < -0.4 is 0 Å². The molecule has 1 aromatic rings. The Labute approximate surface area is 164 Å². The lowest BCUT2D eigenvalue weighted by Gasteiger charge is -2.59. The maximum atomic E-state index is 12.4. The van der Waals surface area contributed by atoms with Crippen molar-refractivity contribution < 1.29 is 28.6 Å². The van der Waals surface area contributed by atoms with Gasteiger partial charge in [0, 0.05) is 30.3 Å². The fourth-order valence-corrected chi connectivity index (χ4v) is 6.01. The average molecular weight is 388 g/mol. The van der Waals surface area contributed by atoms with E-state index in [9.17, 15) is 14.7 Å². The topological polar surface area (TPSA) is 86.0 Å². The summed E-state index contributed by atoms with van der Waals surface area (Å²) in [6.45, 7) is 5.89. The summed E-state index contributed by atoms with van der Waals surface area (Å²) in [5.74, 6) is -0.729. The molecule has 0 amide bonds. The quantitative estimate of drug-likeness (QED) is 0.798. The van der Waals surface area contributed by atoms with Crippen LogP contribution in [0.5, 0.6) is 0 Å². The van der Waals surface area contributed by atoms with Crippen LogP contribution in [0.25, 0.3) is 0 Å². The Bertz CT molecular complexity index is 796. The Morgan fingerprint density at radius 3 is 2.89 bits per heavy atom. The maximum absolute atomic E-state index is 12.4. The molecule has 4 rings (SSSR count). The molecule has 2 heterocycles. The minimum Gasteiger partial charge on any atom is -0.472 e. The van der Waals surface area contributed by atoms with Crippen molar-refractivity contribution in [1.82, 2.24) is 0 Å². The first-order valence-corrected chi connectivity index (χ1v) is 10.0. The van der Waals surface area contributed by atoms with Gasteiger partial charge in [-0.15, -0.1) is 0 Å². The monoisotopic (exact) mass is 388 g/mol. The van der Waals surface area contributed by atoms with Gasteiger partial charge in [-0.3, -0.25) is 4.79 Å². The van der Waals surface area contributed by atoms with Crippen LogP contribution in [0.3, 0.4) is 0 Å². The van der Waals surface area contributed by atoms with E-state index in [2.05, 4.69) is 13.8 Å². The maximum Gasteiger partial charge on any atom is 0.334 e. The second-order valence-electron chi connectivity index (χ2n) is 8.91. The molecule has 152 valence electrons. The van der Waals surface area contributed by atoms with Crippen LogP contribution in [0.1, 0.15) is 45.6 Å². The van der Waals surface area contributed by atoms with Crippen LogP contribution in [0.2, 0.25) is 0 Å². The van der Waals surface area contributed by atoms with Crippen molar-refractivity contribution in [2.45, 2.75) is 58.7 Å². The molecule has 1 N–H and O–H groups in total. The van der Waals surface area contributed by atoms with Crippen molar-refractivity contribution >= 4 is 11.9 Å². The number of rotatable bonds is 4. The molecule has 6 nitrogen and oxygen atoms in total. The van der Waals surface area contributed by atoms with Gasteiger partial charge in [0.25, 0.3) is 0 Å². The van der Waals surface area contributed by atoms with Crippen LogP contribution in [-0.4, -0.2) is 35.9 Å². The molecule has 1 aromatic heterocycles. The summed E-state index contributed by atoms with van der Waals surface area (Å²) in [5.41, 5.74) is 0.799. The van der Waals surface area contributed by atoms with Crippen molar-refractivity contribution in [2.24, 2.45) is 22.7 Å². The number of aryl methyl sites for hydroxylation is 1. The van der Waals surface area contributed by atoms with Gasteiger partial charge < -0.3 is 19.0 Å². The van der Waals surface area contributed by atoms with Crippen molar-refractivity contribution in [1.29, 1.82) is 0 Å². The van der Waals surface area contributed by atoms with Crippen molar-refractivity contribution in [3.63, 3.8) is 0 Å². The zero-order chi connectivity index (χ0) is 20.1. The number of furan rings is 1. The minimum atomic E-state index is -0.605. The van der Waals surface area contributed by atoms with E-state index >= 15 is 0 Å². The van der Waals surface area contributed by atoms with E-state index in [1.807, 2.05) is 12.1 Å². The summed E-state index contributed by atoms with van der Waals surface area (Å²) >= 11 is 0. The third kappa shape index (κ3) is 2.81. The second-order valence-corrected chi connectivity index (χ2v) is 8.91. The number of ether oxygens (including phenoxy) is 2. The normalized spacial score (nSPS) is 39.6. The molecule has 0 bridgehead atoms. The van der Waals surface area contributed by atoms with Gasteiger partial charge in [-0.2, -0.15) is 0 Å². The molecule has 0 radical (unpaired) electrons. The second kappa shape index (κ2) is 6.76. The molecule has 1 saturated carbocycles. The standard InChI is InChI=1S/C22H28O6/c1-13-17(24)10-22-12-27-20(25)16(22)4-5-18(28-14(2)23)19(22)21(13,3)8-6-15-7-9-26-11-15/h4,7,9,11,13,17-19,24H,5-6,8,10,12H2,1-3H3/t13-,17-,18+,19-,21+,22+/m0/s1. The molecule has 1 aliphatic heterocycles. The lowest BCUT2D eigenvalue weighted by molar-refractivity contribution is -0.183. The first kappa shape index (κ1) is 19.2. The summed E-state index contributed by atoms with van der Waals surface area (Å²) in [7, 11) is 0. The molecule has 1 saturated heterocycles. The van der Waals surface area contributed by atoms with Gasteiger partial charge in [-0.05, 0) is 42.2 Å². The number of hydrogen-bond donors (Lipinski definition) is 1. The predicted octanol–water partition coefficient (Wildman–Crippen LogP) is 3.04. The lowest BCUT2D eigenvalue weighted by Crippen LogP contribution is -2.61. The highest BCUT2D eigenvalue weighted by Gasteiger charge is 2.66. The Morgan fingerprint density at radius 1 is 1.43 bits per heavy atom. The SMILES string of the molecule is CC(=O)O[C@@H]1CC=C2C(=O)OC[C@]23C[C@H](O)[C@H](C)[C@@](C)(CCc2ccoc2)[C@H]13. The predicted molar refractivity (Wildman–Crippen MR) is 100 cm³/mol. The molecular weight excluding hydrogens is 360 g/mol. The lowest BCUT2D eigenvalue weighted by atomic mass is 9.45. The van der Waals surface area contributed by atoms with Crippen molar-refractivity contribution in [2.75, 3.05) is 6.61 Å². The molecule has 1 spiro atoms. The van der Waals surface area contributed by atoms with Gasteiger partial charge in [-0.25, -0.2) is 4.79 Å². The smallest absolute Gasteiger partial charge is 0.334 e. The molecule has 28 heavy (non-hydrogen) atoms. The Kier molecular flexibility index (Phi) is 4.65. The van der Waals surface area contributed by atoms with Crippen LogP contribution in [0.4, 0.5) is 0 Å². The van der Waals surface area contributed by atoms with E-state index in [-0.39, 0.29) is 41.9 Å². The third-order valence-corrected chi connectivity index (χ3v) is 7.49. The van der Waals surface area contributed by atoms with E-state index < -0.39 is 11.5 Å². The first-order chi connectivity index (χ1) is 13.3. The minimum absolute atomic E-state index is 0.0110. The van der Waals surface area contributed by atoms with Crippen LogP contribution in [0.15, 0.2) is 34.7 Å². The van der Waals surface area contributed by atoms with Crippen molar-refractivity contribution in [3.8, 4) is 0 Å². The summed E-state index contributed by atoms with van der Waals surface area (Å²) < 4.78 is 16.4. The molecule has 0 aromatic carbocycles. The highest BCUT2D eigenvalue weighted by molar-refractivity contribution is 5.93. The summed E-state index contributed by atoms with van der Waals surface area (Å²) in [4.78, 5) is 24.3. The summed E-state index contributed by atoms with van der Waals surface area (Å²) in [6, 6.07) is 1.95. The van der Waals surface area contributed by atoms with Crippen LogP contribution in [0, 0.1) is 22.7 Å². The average Bonchev–Trinajstić information content (AvgIpc) is 3.26. The summed E-state index contributed by atoms with van der Waals surface area (Å²) in [6.07, 6.45) is 6.90. The zero-order valence-electron chi connectivity index (χ0n) is 16.6. The van der Waals surface area contributed by atoms with Gasteiger partial charge >= 0.3 is 11.9 Å². The first-order valence-electron chi connectivity index (χ1n) is 10.0. The summed E-state index contributed by atoms with van der Waals surface area (Å²) in [5, 5.41) is 11.0. The Balaban J connectivity index is 1.77.